The summed E-state index contributed by atoms with van der Waals surface area (Å²) in [7, 11) is 0. The minimum Gasteiger partial charge on any atom is -0.396 e. The van der Waals surface area contributed by atoms with Crippen LogP contribution in [-0.2, 0) is 0 Å². The van der Waals surface area contributed by atoms with E-state index in [0.717, 1.165) is 12.3 Å². The third kappa shape index (κ3) is 2.53. The molecule has 0 atom stereocenters. The number of aliphatic hydroxyl groups is 1. The van der Waals surface area contributed by atoms with E-state index >= 15 is 0 Å². The molecule has 0 aromatic rings. The zero-order valence-electron chi connectivity index (χ0n) is 6.42. The van der Waals surface area contributed by atoms with Crippen LogP contribution in [0.25, 0.3) is 0 Å². The quantitative estimate of drug-likeness (QED) is 0.582. The molecule has 0 aromatic carbocycles. The van der Waals surface area contributed by atoms with Gasteiger partial charge in [0.1, 0.15) is 0 Å². The van der Waals surface area contributed by atoms with Crippen LogP contribution in [0.1, 0.15) is 32.1 Å². The fourth-order valence-electron chi connectivity index (χ4n) is 1.52. The Bertz CT molecular complexity index is 97.3. The predicted octanol–water partition coefficient (Wildman–Crippen LogP) is 2.12. The van der Waals surface area contributed by atoms with E-state index in [1.807, 2.05) is 0 Å². The molecule has 1 heteroatoms. The Morgan fingerprint density at radius 2 is 1.80 bits per heavy atom. The van der Waals surface area contributed by atoms with Crippen molar-refractivity contribution in [2.24, 2.45) is 5.92 Å². The van der Waals surface area contributed by atoms with E-state index in [1.165, 1.54) is 25.7 Å². The summed E-state index contributed by atoms with van der Waals surface area (Å²) in [5.74, 6) is 0.778. The van der Waals surface area contributed by atoms with Gasteiger partial charge in [-0.25, -0.2) is 0 Å². The topological polar surface area (TPSA) is 20.2 Å². The van der Waals surface area contributed by atoms with E-state index in [4.69, 9.17) is 5.11 Å². The first-order valence-electron chi connectivity index (χ1n) is 4.19. The van der Waals surface area contributed by atoms with Gasteiger partial charge < -0.3 is 5.11 Å². The summed E-state index contributed by atoms with van der Waals surface area (Å²) in [5.41, 5.74) is 0. The second-order valence-electron chi connectivity index (χ2n) is 3.00. The van der Waals surface area contributed by atoms with E-state index in [0.29, 0.717) is 6.61 Å². The second-order valence-corrected chi connectivity index (χ2v) is 3.00. The first kappa shape index (κ1) is 7.80. The van der Waals surface area contributed by atoms with Crippen molar-refractivity contribution in [3.8, 4) is 0 Å². The van der Waals surface area contributed by atoms with Gasteiger partial charge in [-0.3, -0.25) is 0 Å². The molecule has 1 aliphatic carbocycles. The molecular weight excluding hydrogens is 124 g/mol. The average Bonchev–Trinajstić information content (AvgIpc) is 2.17. The molecule has 1 N–H and O–H groups in total. The van der Waals surface area contributed by atoms with Gasteiger partial charge in [0.05, 0.1) is 0 Å². The van der Waals surface area contributed by atoms with Crippen molar-refractivity contribution in [3.63, 3.8) is 0 Å². The lowest BCUT2D eigenvalue weighted by Crippen LogP contribution is -2.00. The highest BCUT2D eigenvalue weighted by atomic mass is 16.3. The molecule has 0 saturated carbocycles. The second kappa shape index (κ2) is 4.51. The fraction of sp³-hybridized carbons (Fsp3) is 0.778. The standard InChI is InChI=1S/C9H16O/c10-8-7-9-5-3-1-2-4-6-9/h1-2,9-10H,3-8H2. The van der Waals surface area contributed by atoms with Gasteiger partial charge in [-0.15, -0.1) is 0 Å². The van der Waals surface area contributed by atoms with E-state index < -0.39 is 0 Å². The van der Waals surface area contributed by atoms with Gasteiger partial charge in [0.15, 0.2) is 0 Å². The lowest BCUT2D eigenvalue weighted by atomic mass is 9.97. The van der Waals surface area contributed by atoms with E-state index in [9.17, 15) is 0 Å². The Hall–Kier alpha value is -0.300. The number of aliphatic hydroxyl groups excluding tert-OH is 1. The van der Waals surface area contributed by atoms with Crippen LogP contribution in [0.4, 0.5) is 0 Å². The molecule has 0 heterocycles. The highest BCUT2D eigenvalue weighted by Crippen LogP contribution is 2.20. The molecule has 0 bridgehead atoms. The van der Waals surface area contributed by atoms with Crippen molar-refractivity contribution in [3.05, 3.63) is 12.2 Å². The minimum atomic E-state index is 0.366. The molecule has 0 saturated heterocycles. The summed E-state index contributed by atoms with van der Waals surface area (Å²) in [5, 5.41) is 8.69. The van der Waals surface area contributed by atoms with Gasteiger partial charge in [-0.05, 0) is 38.0 Å². The Labute approximate surface area is 62.8 Å². The molecule has 0 radical (unpaired) electrons. The molecule has 0 aromatic heterocycles. The van der Waals surface area contributed by atoms with Gasteiger partial charge in [-0.2, -0.15) is 0 Å². The maximum Gasteiger partial charge on any atom is 0.0433 e. The molecule has 10 heavy (non-hydrogen) atoms. The zero-order valence-corrected chi connectivity index (χ0v) is 6.42. The first-order chi connectivity index (χ1) is 4.93. The molecule has 0 unspecified atom stereocenters. The van der Waals surface area contributed by atoms with E-state index in [2.05, 4.69) is 12.2 Å². The lowest BCUT2D eigenvalue weighted by molar-refractivity contribution is 0.248. The molecule has 58 valence electrons. The predicted molar refractivity (Wildman–Crippen MR) is 42.8 cm³/mol. The van der Waals surface area contributed by atoms with Gasteiger partial charge in [0.25, 0.3) is 0 Å². The Morgan fingerprint density at radius 1 is 1.20 bits per heavy atom. The number of hydrogen-bond donors (Lipinski definition) is 1. The minimum absolute atomic E-state index is 0.366. The van der Waals surface area contributed by atoms with Crippen LogP contribution in [-0.4, -0.2) is 11.7 Å². The maximum atomic E-state index is 8.69. The van der Waals surface area contributed by atoms with Gasteiger partial charge >= 0.3 is 0 Å². The van der Waals surface area contributed by atoms with Crippen LogP contribution in [0.5, 0.6) is 0 Å². The summed E-state index contributed by atoms with van der Waals surface area (Å²) in [6.45, 7) is 0.366. The Morgan fingerprint density at radius 3 is 2.30 bits per heavy atom. The van der Waals surface area contributed by atoms with Crippen molar-refractivity contribution in [2.45, 2.75) is 32.1 Å². The molecule has 0 aliphatic heterocycles. The summed E-state index contributed by atoms with van der Waals surface area (Å²) >= 11 is 0. The molecule has 1 rings (SSSR count). The smallest absolute Gasteiger partial charge is 0.0433 e. The van der Waals surface area contributed by atoms with E-state index in [1.54, 1.807) is 0 Å². The van der Waals surface area contributed by atoms with Crippen molar-refractivity contribution < 1.29 is 5.11 Å². The molecule has 1 nitrogen and oxygen atoms in total. The highest BCUT2D eigenvalue weighted by Gasteiger charge is 2.07. The average molecular weight is 140 g/mol. The number of allylic oxidation sites excluding steroid dienone is 2. The molecule has 0 fully saturated rings. The van der Waals surface area contributed by atoms with Crippen LogP contribution in [0.2, 0.25) is 0 Å². The molecule has 0 spiro atoms. The van der Waals surface area contributed by atoms with Crippen LogP contribution in [0.3, 0.4) is 0 Å². The summed E-state index contributed by atoms with van der Waals surface area (Å²) < 4.78 is 0. The Kier molecular flexibility index (Phi) is 3.52. The largest absolute Gasteiger partial charge is 0.396 e. The van der Waals surface area contributed by atoms with Gasteiger partial charge in [-0.1, -0.05) is 12.2 Å². The van der Waals surface area contributed by atoms with Crippen molar-refractivity contribution in [2.75, 3.05) is 6.61 Å². The normalized spacial score (nSPS) is 20.9. The SMILES string of the molecule is OCCC1CCC=CCC1. The van der Waals surface area contributed by atoms with Crippen LogP contribution in [0.15, 0.2) is 12.2 Å². The lowest BCUT2D eigenvalue weighted by Gasteiger charge is -2.10. The van der Waals surface area contributed by atoms with Crippen molar-refractivity contribution in [1.29, 1.82) is 0 Å². The highest BCUT2D eigenvalue weighted by molar-refractivity contribution is 4.86. The fourth-order valence-corrected chi connectivity index (χ4v) is 1.52. The van der Waals surface area contributed by atoms with E-state index in [-0.39, 0.29) is 0 Å². The summed E-state index contributed by atoms with van der Waals surface area (Å²) in [6, 6.07) is 0. The maximum absolute atomic E-state index is 8.69. The van der Waals surface area contributed by atoms with Crippen LogP contribution >= 0.6 is 0 Å². The summed E-state index contributed by atoms with van der Waals surface area (Å²) in [6.07, 6.45) is 10.5. The number of hydrogen-bond acceptors (Lipinski definition) is 1. The van der Waals surface area contributed by atoms with Gasteiger partial charge in [0, 0.05) is 6.61 Å². The molecular formula is C9H16O. The van der Waals surface area contributed by atoms with Gasteiger partial charge in [0.2, 0.25) is 0 Å². The summed E-state index contributed by atoms with van der Waals surface area (Å²) in [4.78, 5) is 0. The molecule has 1 aliphatic rings. The zero-order chi connectivity index (χ0) is 7.23. The van der Waals surface area contributed by atoms with Crippen LogP contribution < -0.4 is 0 Å². The number of rotatable bonds is 2. The first-order valence-corrected chi connectivity index (χ1v) is 4.19. The Balaban J connectivity index is 2.20. The third-order valence-electron chi connectivity index (χ3n) is 2.19. The van der Waals surface area contributed by atoms with Crippen molar-refractivity contribution >= 4 is 0 Å². The third-order valence-corrected chi connectivity index (χ3v) is 2.19. The monoisotopic (exact) mass is 140 g/mol. The van der Waals surface area contributed by atoms with Crippen molar-refractivity contribution in [1.82, 2.24) is 0 Å². The molecule has 0 amide bonds. The van der Waals surface area contributed by atoms with Crippen LogP contribution in [0, 0.1) is 5.92 Å².